The molecule has 0 unspecified atom stereocenters. The predicted molar refractivity (Wildman–Crippen MR) is 103 cm³/mol. The second-order valence-electron chi connectivity index (χ2n) is 6.93. The molecule has 0 spiro atoms. The SMILES string of the molecule is NC(=O)c1nc2n(c1C(=O)N1CCN(c3ccccc3Cl)CC1)CCCC2. The number of fused-ring (bicyclic) bond motifs is 1. The average Bonchev–Trinajstić information content (AvgIpc) is 3.08. The molecule has 8 heteroatoms. The van der Waals surface area contributed by atoms with Crippen molar-refractivity contribution >= 4 is 29.1 Å². The summed E-state index contributed by atoms with van der Waals surface area (Å²) >= 11 is 6.29. The molecule has 3 heterocycles. The number of aryl methyl sites for hydroxylation is 1. The van der Waals surface area contributed by atoms with Gasteiger partial charge in [0.2, 0.25) is 0 Å². The first-order chi connectivity index (χ1) is 13.1. The summed E-state index contributed by atoms with van der Waals surface area (Å²) in [4.78, 5) is 33.3. The van der Waals surface area contributed by atoms with Crippen LogP contribution in [0.2, 0.25) is 5.02 Å². The highest BCUT2D eigenvalue weighted by molar-refractivity contribution is 6.33. The number of para-hydroxylation sites is 1. The fourth-order valence-electron chi connectivity index (χ4n) is 3.88. The van der Waals surface area contributed by atoms with Crippen LogP contribution in [0.15, 0.2) is 24.3 Å². The first kappa shape index (κ1) is 17.9. The molecule has 2 aromatic rings. The molecule has 2 amide bonds. The van der Waals surface area contributed by atoms with Crippen molar-refractivity contribution in [2.45, 2.75) is 25.8 Å². The van der Waals surface area contributed by atoms with Crippen LogP contribution >= 0.6 is 11.6 Å². The van der Waals surface area contributed by atoms with Crippen molar-refractivity contribution in [3.63, 3.8) is 0 Å². The molecule has 0 aliphatic carbocycles. The third-order valence-electron chi connectivity index (χ3n) is 5.27. The van der Waals surface area contributed by atoms with Gasteiger partial charge in [0.15, 0.2) is 5.69 Å². The minimum Gasteiger partial charge on any atom is -0.367 e. The molecule has 1 saturated heterocycles. The quantitative estimate of drug-likeness (QED) is 0.872. The highest BCUT2D eigenvalue weighted by atomic mass is 35.5. The number of amides is 2. The zero-order chi connectivity index (χ0) is 19.0. The van der Waals surface area contributed by atoms with Crippen LogP contribution in [0, 0.1) is 0 Å². The Balaban J connectivity index is 1.54. The van der Waals surface area contributed by atoms with Gasteiger partial charge < -0.3 is 20.1 Å². The lowest BCUT2D eigenvalue weighted by atomic mass is 10.1. The second kappa shape index (κ2) is 7.23. The smallest absolute Gasteiger partial charge is 0.273 e. The van der Waals surface area contributed by atoms with Crippen molar-refractivity contribution in [2.24, 2.45) is 5.73 Å². The molecule has 2 N–H and O–H groups in total. The highest BCUT2D eigenvalue weighted by Crippen LogP contribution is 2.27. The summed E-state index contributed by atoms with van der Waals surface area (Å²) in [5.74, 6) is -0.0219. The van der Waals surface area contributed by atoms with E-state index in [-0.39, 0.29) is 11.6 Å². The van der Waals surface area contributed by atoms with Crippen LogP contribution < -0.4 is 10.6 Å². The Morgan fingerprint density at radius 1 is 1.04 bits per heavy atom. The summed E-state index contributed by atoms with van der Waals surface area (Å²) in [6.45, 7) is 3.19. The molecule has 1 fully saturated rings. The van der Waals surface area contributed by atoms with Gasteiger partial charge in [0, 0.05) is 39.1 Å². The third-order valence-corrected chi connectivity index (χ3v) is 5.59. The highest BCUT2D eigenvalue weighted by Gasteiger charge is 2.32. The number of carbonyl (C=O) groups is 2. The molecule has 142 valence electrons. The van der Waals surface area contributed by atoms with Crippen LogP contribution in [-0.2, 0) is 13.0 Å². The molecular weight excluding hydrogens is 366 g/mol. The van der Waals surface area contributed by atoms with E-state index in [0.29, 0.717) is 43.4 Å². The van der Waals surface area contributed by atoms with Crippen LogP contribution in [0.3, 0.4) is 0 Å². The number of aromatic nitrogens is 2. The van der Waals surface area contributed by atoms with Gasteiger partial charge in [0.1, 0.15) is 11.5 Å². The molecule has 1 aromatic carbocycles. The van der Waals surface area contributed by atoms with Crippen LogP contribution in [-0.4, -0.2) is 52.4 Å². The van der Waals surface area contributed by atoms with Crippen molar-refractivity contribution in [3.8, 4) is 0 Å². The van der Waals surface area contributed by atoms with Gasteiger partial charge in [-0.3, -0.25) is 9.59 Å². The summed E-state index contributed by atoms with van der Waals surface area (Å²) in [7, 11) is 0. The van der Waals surface area contributed by atoms with Gasteiger partial charge in [0.05, 0.1) is 10.7 Å². The van der Waals surface area contributed by atoms with Crippen molar-refractivity contribution in [2.75, 3.05) is 31.1 Å². The molecule has 2 aliphatic rings. The largest absolute Gasteiger partial charge is 0.367 e. The van der Waals surface area contributed by atoms with Gasteiger partial charge in [0.25, 0.3) is 11.8 Å². The molecule has 0 saturated carbocycles. The van der Waals surface area contributed by atoms with E-state index in [9.17, 15) is 9.59 Å². The number of carbonyl (C=O) groups excluding carboxylic acids is 2. The molecule has 0 atom stereocenters. The molecule has 1 aromatic heterocycles. The van der Waals surface area contributed by atoms with Gasteiger partial charge >= 0.3 is 0 Å². The Morgan fingerprint density at radius 2 is 1.78 bits per heavy atom. The number of halogens is 1. The maximum Gasteiger partial charge on any atom is 0.273 e. The number of anilines is 1. The van der Waals surface area contributed by atoms with E-state index < -0.39 is 5.91 Å². The van der Waals surface area contributed by atoms with Crippen molar-refractivity contribution in [1.82, 2.24) is 14.5 Å². The Bertz CT molecular complexity index is 886. The van der Waals surface area contributed by atoms with Crippen LogP contribution in [0.25, 0.3) is 0 Å². The van der Waals surface area contributed by atoms with Gasteiger partial charge in [-0.15, -0.1) is 0 Å². The lowest BCUT2D eigenvalue weighted by Crippen LogP contribution is -2.49. The Kier molecular flexibility index (Phi) is 4.78. The molecular formula is C19H22ClN5O2. The van der Waals surface area contributed by atoms with Crippen molar-refractivity contribution in [1.29, 1.82) is 0 Å². The van der Waals surface area contributed by atoms with Gasteiger partial charge in [-0.2, -0.15) is 0 Å². The lowest BCUT2D eigenvalue weighted by Gasteiger charge is -2.36. The molecule has 0 bridgehead atoms. The number of primary amides is 1. The Labute approximate surface area is 162 Å². The number of hydrogen-bond acceptors (Lipinski definition) is 4. The minimum atomic E-state index is -0.644. The number of rotatable bonds is 3. The van der Waals surface area contributed by atoms with E-state index in [1.165, 1.54) is 0 Å². The van der Waals surface area contributed by atoms with E-state index in [2.05, 4.69) is 9.88 Å². The van der Waals surface area contributed by atoms with E-state index in [4.69, 9.17) is 17.3 Å². The molecule has 27 heavy (non-hydrogen) atoms. The van der Waals surface area contributed by atoms with Crippen molar-refractivity contribution < 1.29 is 9.59 Å². The van der Waals surface area contributed by atoms with Gasteiger partial charge in [-0.25, -0.2) is 4.98 Å². The van der Waals surface area contributed by atoms with E-state index in [0.717, 1.165) is 30.8 Å². The number of piperazine rings is 1. The molecule has 4 rings (SSSR count). The monoisotopic (exact) mass is 387 g/mol. The summed E-state index contributed by atoms with van der Waals surface area (Å²) in [5.41, 5.74) is 6.93. The zero-order valence-electron chi connectivity index (χ0n) is 15.0. The topological polar surface area (TPSA) is 84.5 Å². The van der Waals surface area contributed by atoms with E-state index >= 15 is 0 Å². The Morgan fingerprint density at radius 3 is 2.48 bits per heavy atom. The summed E-state index contributed by atoms with van der Waals surface area (Å²) < 4.78 is 1.88. The minimum absolute atomic E-state index is 0.102. The summed E-state index contributed by atoms with van der Waals surface area (Å²) in [6.07, 6.45) is 2.76. The van der Waals surface area contributed by atoms with Gasteiger partial charge in [-0.05, 0) is 25.0 Å². The van der Waals surface area contributed by atoms with Crippen LogP contribution in [0.5, 0.6) is 0 Å². The summed E-state index contributed by atoms with van der Waals surface area (Å²) in [5, 5.41) is 0.707. The van der Waals surface area contributed by atoms with Gasteiger partial charge in [-0.1, -0.05) is 23.7 Å². The van der Waals surface area contributed by atoms with Crippen LogP contribution in [0.1, 0.15) is 39.6 Å². The predicted octanol–water partition coefficient (Wildman–Crippen LogP) is 1.93. The average molecular weight is 388 g/mol. The normalized spacial score (nSPS) is 16.9. The fraction of sp³-hybridized carbons (Fsp3) is 0.421. The van der Waals surface area contributed by atoms with E-state index in [1.807, 2.05) is 28.8 Å². The fourth-order valence-corrected chi connectivity index (χ4v) is 4.14. The zero-order valence-corrected chi connectivity index (χ0v) is 15.8. The Hall–Kier alpha value is -2.54. The third kappa shape index (κ3) is 3.27. The second-order valence-corrected chi connectivity index (χ2v) is 7.34. The number of hydrogen-bond donors (Lipinski definition) is 1. The molecule has 7 nitrogen and oxygen atoms in total. The number of imidazole rings is 1. The van der Waals surface area contributed by atoms with Crippen molar-refractivity contribution in [3.05, 3.63) is 46.5 Å². The number of benzene rings is 1. The first-order valence-electron chi connectivity index (χ1n) is 9.24. The molecule has 0 radical (unpaired) electrons. The van der Waals surface area contributed by atoms with Crippen LogP contribution in [0.4, 0.5) is 5.69 Å². The number of nitrogens with two attached hydrogens (primary N) is 1. The maximum atomic E-state index is 13.2. The standard InChI is InChI=1S/C19H22ClN5O2/c20-13-5-1-2-6-14(13)23-9-11-24(12-10-23)19(27)17-16(18(21)26)22-15-7-3-4-8-25(15)17/h1-2,5-6H,3-4,7-12H2,(H2,21,26). The maximum absolute atomic E-state index is 13.2. The molecule has 2 aliphatic heterocycles. The summed E-state index contributed by atoms with van der Waals surface area (Å²) in [6, 6.07) is 7.71. The first-order valence-corrected chi connectivity index (χ1v) is 9.62. The lowest BCUT2D eigenvalue weighted by molar-refractivity contribution is 0.0729. The number of nitrogens with zero attached hydrogens (tertiary/aromatic N) is 4. The van der Waals surface area contributed by atoms with E-state index in [1.54, 1.807) is 4.90 Å².